The van der Waals surface area contributed by atoms with Gasteiger partial charge in [0.15, 0.2) is 0 Å². The Hall–Kier alpha value is -2.57. The minimum Gasteiger partial charge on any atom is -0.305 e. The summed E-state index contributed by atoms with van der Waals surface area (Å²) in [5.74, 6) is -4.86. The molecular formula is C19H21F5N4O3S. The Morgan fingerprint density at radius 2 is 1.84 bits per heavy atom. The van der Waals surface area contributed by atoms with Crippen LogP contribution in [-0.4, -0.2) is 41.3 Å². The summed E-state index contributed by atoms with van der Waals surface area (Å²) in [6.45, 7) is 2.98. The zero-order valence-corrected chi connectivity index (χ0v) is 18.0. The lowest BCUT2D eigenvalue weighted by Crippen LogP contribution is -2.43. The van der Waals surface area contributed by atoms with E-state index in [1.165, 1.54) is 19.9 Å². The number of hydrogen-bond acceptors (Lipinski definition) is 4. The SMILES string of the molecule is CC(C)N1C(C(=O)Nc2cccc(C(F)(F)F)n2)=CC(C2CCC(F)(F)CC2)=NS1(=O)=O. The van der Waals surface area contributed by atoms with Gasteiger partial charge in [-0.1, -0.05) is 6.07 Å². The number of nitrogens with zero attached hydrogens (tertiary/aromatic N) is 3. The van der Waals surface area contributed by atoms with Crippen LogP contribution in [0.25, 0.3) is 0 Å². The summed E-state index contributed by atoms with van der Waals surface area (Å²) in [6, 6.07) is 2.16. The highest BCUT2D eigenvalue weighted by Gasteiger charge is 2.40. The van der Waals surface area contributed by atoms with Gasteiger partial charge in [-0.3, -0.25) is 4.79 Å². The molecule has 1 saturated carbocycles. The number of alkyl halides is 5. The van der Waals surface area contributed by atoms with Crippen LogP contribution < -0.4 is 5.32 Å². The molecule has 2 heterocycles. The fraction of sp³-hybridized carbons (Fsp3) is 0.526. The van der Waals surface area contributed by atoms with Crippen molar-refractivity contribution in [1.82, 2.24) is 9.29 Å². The van der Waals surface area contributed by atoms with Gasteiger partial charge >= 0.3 is 16.4 Å². The van der Waals surface area contributed by atoms with E-state index >= 15 is 0 Å². The predicted octanol–water partition coefficient (Wildman–Crippen LogP) is 4.16. The number of carbonyl (C=O) groups is 1. The Morgan fingerprint density at radius 3 is 2.41 bits per heavy atom. The van der Waals surface area contributed by atoms with Crippen LogP contribution in [0.5, 0.6) is 0 Å². The molecule has 1 aromatic rings. The molecule has 3 rings (SSSR count). The van der Waals surface area contributed by atoms with Crippen LogP contribution >= 0.6 is 0 Å². The number of anilines is 1. The van der Waals surface area contributed by atoms with Crippen molar-refractivity contribution < 1.29 is 35.2 Å². The first kappa shape index (κ1) is 24.1. The number of pyridine rings is 1. The van der Waals surface area contributed by atoms with E-state index in [1.807, 2.05) is 0 Å². The van der Waals surface area contributed by atoms with Crippen molar-refractivity contribution in [3.05, 3.63) is 35.7 Å². The second-order valence-electron chi connectivity index (χ2n) is 7.90. The summed E-state index contributed by atoms with van der Waals surface area (Å²) in [7, 11) is -4.36. The van der Waals surface area contributed by atoms with Gasteiger partial charge in [0.05, 0.1) is 5.71 Å². The third kappa shape index (κ3) is 5.25. The van der Waals surface area contributed by atoms with Gasteiger partial charge in [-0.05, 0) is 44.9 Å². The van der Waals surface area contributed by atoms with E-state index in [2.05, 4.69) is 14.7 Å². The molecule has 176 valence electrons. The molecule has 1 aliphatic carbocycles. The lowest BCUT2D eigenvalue weighted by Gasteiger charge is -2.33. The summed E-state index contributed by atoms with van der Waals surface area (Å²) in [4.78, 5) is 16.2. The second-order valence-corrected chi connectivity index (χ2v) is 9.37. The summed E-state index contributed by atoms with van der Waals surface area (Å²) in [5, 5.41) is 2.18. The van der Waals surface area contributed by atoms with Gasteiger partial charge in [-0.15, -0.1) is 4.40 Å². The number of hydrogen-bond donors (Lipinski definition) is 1. The minimum absolute atomic E-state index is 0.0103. The maximum Gasteiger partial charge on any atom is 0.433 e. The molecule has 32 heavy (non-hydrogen) atoms. The summed E-state index contributed by atoms with van der Waals surface area (Å²) >= 11 is 0. The van der Waals surface area contributed by atoms with Crippen LogP contribution in [0.2, 0.25) is 0 Å². The van der Waals surface area contributed by atoms with E-state index < -0.39 is 64.5 Å². The normalized spacial score (nSPS) is 21.2. The molecule has 0 aromatic carbocycles. The Kier molecular flexibility index (Phi) is 6.33. The Bertz CT molecular complexity index is 1060. The summed E-state index contributed by atoms with van der Waals surface area (Å²) in [6.07, 6.45) is -4.44. The second kappa shape index (κ2) is 8.41. The fourth-order valence-corrected chi connectivity index (χ4v) is 5.09. The van der Waals surface area contributed by atoms with E-state index in [4.69, 9.17) is 0 Å². The van der Waals surface area contributed by atoms with Crippen LogP contribution in [0.4, 0.5) is 27.8 Å². The van der Waals surface area contributed by atoms with Crippen molar-refractivity contribution in [2.75, 3.05) is 5.32 Å². The molecule has 0 spiro atoms. The third-order valence-electron chi connectivity index (χ3n) is 5.11. The molecule has 7 nitrogen and oxygen atoms in total. The summed E-state index contributed by atoms with van der Waals surface area (Å²) in [5.41, 5.74) is -1.63. The number of allylic oxidation sites excluding steroid dienone is 1. The number of rotatable bonds is 4. The molecule has 0 unspecified atom stereocenters. The number of aromatic nitrogens is 1. The minimum atomic E-state index is -4.74. The molecule has 1 N–H and O–H groups in total. The van der Waals surface area contributed by atoms with Crippen molar-refractivity contribution >= 4 is 27.6 Å². The highest BCUT2D eigenvalue weighted by atomic mass is 32.2. The lowest BCUT2D eigenvalue weighted by atomic mass is 9.83. The first-order valence-electron chi connectivity index (χ1n) is 9.79. The van der Waals surface area contributed by atoms with Crippen LogP contribution in [0.1, 0.15) is 45.2 Å². The van der Waals surface area contributed by atoms with E-state index in [1.54, 1.807) is 0 Å². The average Bonchev–Trinajstić information content (AvgIpc) is 2.65. The maximum absolute atomic E-state index is 13.5. The van der Waals surface area contributed by atoms with Gasteiger partial charge in [0, 0.05) is 24.8 Å². The van der Waals surface area contributed by atoms with Gasteiger partial charge in [0.25, 0.3) is 5.91 Å². The maximum atomic E-state index is 13.5. The quantitative estimate of drug-likeness (QED) is 0.656. The van der Waals surface area contributed by atoms with Crippen molar-refractivity contribution in [2.45, 2.75) is 57.7 Å². The monoisotopic (exact) mass is 480 g/mol. The fourth-order valence-electron chi connectivity index (χ4n) is 3.61. The molecule has 1 aromatic heterocycles. The Labute approximate surface area is 181 Å². The molecule has 0 atom stereocenters. The van der Waals surface area contributed by atoms with Crippen molar-refractivity contribution in [3.63, 3.8) is 0 Å². The van der Waals surface area contributed by atoms with Crippen molar-refractivity contribution in [2.24, 2.45) is 10.3 Å². The molecule has 0 saturated heterocycles. The number of amides is 1. The van der Waals surface area contributed by atoms with Gasteiger partial charge in [0.1, 0.15) is 17.2 Å². The third-order valence-corrected chi connectivity index (χ3v) is 6.67. The largest absolute Gasteiger partial charge is 0.433 e. The van der Waals surface area contributed by atoms with Crippen LogP contribution in [-0.2, 0) is 21.2 Å². The van der Waals surface area contributed by atoms with Gasteiger partial charge in [-0.2, -0.15) is 21.6 Å². The Morgan fingerprint density at radius 1 is 1.22 bits per heavy atom. The molecular weight excluding hydrogens is 459 g/mol. The zero-order chi connectivity index (χ0) is 23.9. The van der Waals surface area contributed by atoms with Crippen LogP contribution in [0, 0.1) is 5.92 Å². The predicted molar refractivity (Wildman–Crippen MR) is 106 cm³/mol. The van der Waals surface area contributed by atoms with E-state index in [0.717, 1.165) is 22.5 Å². The van der Waals surface area contributed by atoms with Crippen molar-refractivity contribution in [3.8, 4) is 0 Å². The van der Waals surface area contributed by atoms with E-state index in [0.29, 0.717) is 0 Å². The molecule has 2 aliphatic rings. The van der Waals surface area contributed by atoms with Gasteiger partial charge in [-0.25, -0.2) is 18.1 Å². The summed E-state index contributed by atoms with van der Waals surface area (Å²) < 4.78 is 95.7. The van der Waals surface area contributed by atoms with E-state index in [9.17, 15) is 35.2 Å². The van der Waals surface area contributed by atoms with Crippen LogP contribution in [0.15, 0.2) is 34.4 Å². The smallest absolute Gasteiger partial charge is 0.305 e. The van der Waals surface area contributed by atoms with Crippen molar-refractivity contribution in [1.29, 1.82) is 0 Å². The first-order chi connectivity index (χ1) is 14.7. The molecule has 1 fully saturated rings. The lowest BCUT2D eigenvalue weighted by molar-refractivity contribution is -0.141. The number of carbonyl (C=O) groups excluding carboxylic acids is 1. The Balaban J connectivity index is 1.93. The highest BCUT2D eigenvalue weighted by Crippen LogP contribution is 2.38. The molecule has 0 bridgehead atoms. The van der Waals surface area contributed by atoms with E-state index in [-0.39, 0.29) is 24.3 Å². The zero-order valence-electron chi connectivity index (χ0n) is 17.2. The van der Waals surface area contributed by atoms with Crippen LogP contribution in [0.3, 0.4) is 0 Å². The first-order valence-corrected chi connectivity index (χ1v) is 11.2. The number of halogens is 5. The molecule has 13 heteroatoms. The molecule has 1 amide bonds. The average molecular weight is 480 g/mol. The topological polar surface area (TPSA) is 91.7 Å². The standard InChI is InChI=1S/C19H21F5N4O3S/c1-11(2)28-14(17(29)26-16-5-3-4-15(25-16)19(22,23)24)10-13(27-32(28,30)31)12-6-8-18(20,21)9-7-12/h3-5,10-12H,6-9H2,1-2H3,(H,25,26,29). The molecule has 0 radical (unpaired) electrons. The highest BCUT2D eigenvalue weighted by molar-refractivity contribution is 7.88. The number of nitrogens with one attached hydrogen (secondary N) is 1. The molecule has 1 aliphatic heterocycles. The van der Waals surface area contributed by atoms with Gasteiger partial charge < -0.3 is 5.32 Å². The van der Waals surface area contributed by atoms with Gasteiger partial charge in [0.2, 0.25) is 5.92 Å².